The highest BCUT2D eigenvalue weighted by Gasteiger charge is 2.10. The molecule has 1 aromatic heterocycles. The lowest BCUT2D eigenvalue weighted by atomic mass is 10.0. The summed E-state index contributed by atoms with van der Waals surface area (Å²) in [4.78, 5) is 11.8. The van der Waals surface area contributed by atoms with Gasteiger partial charge >= 0.3 is 0 Å². The van der Waals surface area contributed by atoms with E-state index in [1.807, 2.05) is 6.92 Å². The van der Waals surface area contributed by atoms with Gasteiger partial charge in [-0.1, -0.05) is 39.0 Å². The zero-order valence-electron chi connectivity index (χ0n) is 14.0. The van der Waals surface area contributed by atoms with Crippen molar-refractivity contribution in [3.05, 3.63) is 47.2 Å². The fourth-order valence-corrected chi connectivity index (χ4v) is 2.38. The molecule has 0 spiro atoms. The minimum atomic E-state index is -0.186. The normalized spacial score (nSPS) is 10.4. The lowest BCUT2D eigenvalue weighted by Crippen LogP contribution is -2.25. The van der Waals surface area contributed by atoms with Gasteiger partial charge < -0.3 is 10.6 Å². The van der Waals surface area contributed by atoms with Crippen molar-refractivity contribution in [3.63, 3.8) is 0 Å². The number of rotatable bonds is 7. The first kappa shape index (κ1) is 16.9. The summed E-state index contributed by atoms with van der Waals surface area (Å²) in [5, 5.41) is 14.3. The van der Waals surface area contributed by atoms with Crippen LogP contribution in [0, 0.1) is 0 Å². The molecule has 5 nitrogen and oxygen atoms in total. The third-order valence-corrected chi connectivity index (χ3v) is 3.68. The Morgan fingerprint density at radius 2 is 1.70 bits per heavy atom. The third kappa shape index (κ3) is 4.28. The molecule has 0 saturated carbocycles. The maximum atomic E-state index is 11.8. The molecule has 0 saturated heterocycles. The van der Waals surface area contributed by atoms with E-state index in [4.69, 9.17) is 0 Å². The van der Waals surface area contributed by atoms with E-state index in [9.17, 15) is 4.79 Å². The van der Waals surface area contributed by atoms with E-state index in [0.29, 0.717) is 18.1 Å². The summed E-state index contributed by atoms with van der Waals surface area (Å²) >= 11 is 0. The zero-order chi connectivity index (χ0) is 16.7. The second-order valence-electron chi connectivity index (χ2n) is 5.34. The Bertz CT molecular complexity index is 630. The number of hydrogen-bond acceptors (Lipinski definition) is 4. The predicted octanol–water partition coefficient (Wildman–Crippen LogP) is 3.48. The molecule has 5 heteroatoms. The van der Waals surface area contributed by atoms with E-state index in [-0.39, 0.29) is 5.91 Å². The molecule has 0 aliphatic rings. The summed E-state index contributed by atoms with van der Waals surface area (Å²) in [5.41, 5.74) is 3.92. The molecule has 0 unspecified atom stereocenters. The van der Waals surface area contributed by atoms with Crippen molar-refractivity contribution in [2.45, 2.75) is 40.0 Å². The Balaban J connectivity index is 2.17. The largest absolute Gasteiger partial charge is 0.351 e. The van der Waals surface area contributed by atoms with Crippen LogP contribution >= 0.6 is 0 Å². The maximum Gasteiger partial charge on any atom is 0.271 e. The first-order valence-electron chi connectivity index (χ1n) is 8.19. The Hall–Kier alpha value is -2.43. The third-order valence-electron chi connectivity index (χ3n) is 3.68. The first-order valence-corrected chi connectivity index (χ1v) is 8.19. The topological polar surface area (TPSA) is 66.9 Å². The highest BCUT2D eigenvalue weighted by Crippen LogP contribution is 2.25. The molecule has 1 heterocycles. The molecule has 2 N–H and O–H groups in total. The number of benzene rings is 1. The van der Waals surface area contributed by atoms with E-state index in [0.717, 1.165) is 24.9 Å². The Kier molecular flexibility index (Phi) is 6.09. The number of nitrogens with one attached hydrogen (secondary N) is 2. The van der Waals surface area contributed by atoms with E-state index < -0.39 is 0 Å². The number of carbonyl (C=O) groups is 1. The predicted molar refractivity (Wildman–Crippen MR) is 93.1 cm³/mol. The minimum absolute atomic E-state index is 0.186. The van der Waals surface area contributed by atoms with Gasteiger partial charge in [-0.3, -0.25) is 4.79 Å². The monoisotopic (exact) mass is 312 g/mol. The van der Waals surface area contributed by atoms with Crippen LogP contribution in [0.3, 0.4) is 0 Å². The highest BCUT2D eigenvalue weighted by molar-refractivity contribution is 5.92. The van der Waals surface area contributed by atoms with Gasteiger partial charge in [-0.05, 0) is 42.5 Å². The number of aromatic nitrogens is 2. The number of para-hydroxylation sites is 1. The van der Waals surface area contributed by atoms with Crippen LogP contribution in [0.1, 0.15) is 48.8 Å². The lowest BCUT2D eigenvalue weighted by Gasteiger charge is -2.14. The van der Waals surface area contributed by atoms with Gasteiger partial charge in [0.05, 0.1) is 0 Å². The zero-order valence-corrected chi connectivity index (χ0v) is 14.0. The molecule has 0 aliphatic carbocycles. The van der Waals surface area contributed by atoms with Gasteiger partial charge in [-0.15, -0.1) is 10.2 Å². The van der Waals surface area contributed by atoms with Crippen molar-refractivity contribution in [2.75, 3.05) is 11.9 Å². The van der Waals surface area contributed by atoms with Crippen LogP contribution < -0.4 is 10.6 Å². The molecule has 2 aromatic rings. The van der Waals surface area contributed by atoms with Crippen molar-refractivity contribution in [2.24, 2.45) is 0 Å². The molecule has 0 bridgehead atoms. The number of hydrogen-bond donors (Lipinski definition) is 2. The van der Waals surface area contributed by atoms with Crippen LogP contribution in [0.5, 0.6) is 0 Å². The van der Waals surface area contributed by atoms with Crippen LogP contribution in [-0.2, 0) is 12.8 Å². The maximum absolute atomic E-state index is 11.8. The summed E-state index contributed by atoms with van der Waals surface area (Å²) in [6, 6.07) is 9.79. The Morgan fingerprint density at radius 1 is 1.00 bits per heavy atom. The molecule has 1 aromatic carbocycles. The molecule has 0 atom stereocenters. The minimum Gasteiger partial charge on any atom is -0.351 e. The molecule has 122 valence electrons. The fourth-order valence-electron chi connectivity index (χ4n) is 2.38. The Labute approximate surface area is 137 Å². The number of aryl methyl sites for hydroxylation is 2. The number of nitrogens with zero attached hydrogens (tertiary/aromatic N) is 2. The smallest absolute Gasteiger partial charge is 0.271 e. The van der Waals surface area contributed by atoms with Gasteiger partial charge in [0.2, 0.25) is 0 Å². The van der Waals surface area contributed by atoms with Crippen LogP contribution in [0.25, 0.3) is 0 Å². The quantitative estimate of drug-likeness (QED) is 0.821. The molecule has 23 heavy (non-hydrogen) atoms. The molecular formula is C18H24N4O. The van der Waals surface area contributed by atoms with Crippen molar-refractivity contribution < 1.29 is 4.79 Å². The van der Waals surface area contributed by atoms with Crippen LogP contribution in [0.4, 0.5) is 11.5 Å². The number of anilines is 2. The number of carbonyl (C=O) groups excluding carboxylic acids is 1. The van der Waals surface area contributed by atoms with E-state index >= 15 is 0 Å². The van der Waals surface area contributed by atoms with Gasteiger partial charge in [0, 0.05) is 12.2 Å². The molecule has 2 rings (SSSR count). The van der Waals surface area contributed by atoms with Crippen LogP contribution in [0.2, 0.25) is 0 Å². The summed E-state index contributed by atoms with van der Waals surface area (Å²) in [7, 11) is 0. The average Bonchev–Trinajstić information content (AvgIpc) is 2.60. The van der Waals surface area contributed by atoms with E-state index in [1.165, 1.54) is 11.1 Å². The molecule has 0 aliphatic heterocycles. The second-order valence-corrected chi connectivity index (χ2v) is 5.34. The molecule has 0 radical (unpaired) electrons. The Morgan fingerprint density at radius 3 is 2.22 bits per heavy atom. The SMILES string of the molecule is CCCNC(=O)c1ccc(Nc2c(CC)cccc2CC)nn1. The standard InChI is InChI=1S/C18H24N4O/c1-4-12-19-18(23)15-10-11-16(22-21-15)20-17-13(5-2)8-7-9-14(17)6-3/h7-11H,4-6,12H2,1-3H3,(H,19,23)(H,20,22). The van der Waals surface area contributed by atoms with Gasteiger partial charge in [-0.2, -0.15) is 0 Å². The van der Waals surface area contributed by atoms with Crippen molar-refractivity contribution >= 4 is 17.4 Å². The highest BCUT2D eigenvalue weighted by atomic mass is 16.1. The summed E-state index contributed by atoms with van der Waals surface area (Å²) < 4.78 is 0. The van der Waals surface area contributed by atoms with Gasteiger partial charge in [0.1, 0.15) is 0 Å². The fraction of sp³-hybridized carbons (Fsp3) is 0.389. The van der Waals surface area contributed by atoms with Crippen molar-refractivity contribution in [3.8, 4) is 0 Å². The van der Waals surface area contributed by atoms with Crippen LogP contribution in [0.15, 0.2) is 30.3 Å². The van der Waals surface area contributed by atoms with Gasteiger partial charge in [-0.25, -0.2) is 0 Å². The lowest BCUT2D eigenvalue weighted by molar-refractivity contribution is 0.0947. The molecular weight excluding hydrogens is 288 g/mol. The average molecular weight is 312 g/mol. The van der Waals surface area contributed by atoms with Crippen molar-refractivity contribution in [1.29, 1.82) is 0 Å². The number of amides is 1. The van der Waals surface area contributed by atoms with E-state index in [2.05, 4.69) is 52.9 Å². The summed E-state index contributed by atoms with van der Waals surface area (Å²) in [6.45, 7) is 6.92. The second kappa shape index (κ2) is 8.27. The van der Waals surface area contributed by atoms with Crippen LogP contribution in [-0.4, -0.2) is 22.6 Å². The summed E-state index contributed by atoms with van der Waals surface area (Å²) in [6.07, 6.45) is 2.79. The van der Waals surface area contributed by atoms with Gasteiger partial charge in [0.25, 0.3) is 5.91 Å². The van der Waals surface area contributed by atoms with Crippen molar-refractivity contribution in [1.82, 2.24) is 15.5 Å². The molecule has 0 fully saturated rings. The van der Waals surface area contributed by atoms with E-state index in [1.54, 1.807) is 12.1 Å². The van der Waals surface area contributed by atoms with Gasteiger partial charge in [0.15, 0.2) is 11.5 Å². The summed E-state index contributed by atoms with van der Waals surface area (Å²) in [5.74, 6) is 0.460. The molecule has 1 amide bonds. The first-order chi connectivity index (χ1) is 11.2.